The Hall–Kier alpha value is -8.56. The molecule has 0 fully saturated rings. The molecule has 1 spiro atoms. The summed E-state index contributed by atoms with van der Waals surface area (Å²) in [4.78, 5) is 0. The minimum atomic E-state index is -0.506. The van der Waals surface area contributed by atoms with Gasteiger partial charge in [-0.15, -0.1) is 0 Å². The van der Waals surface area contributed by atoms with Crippen molar-refractivity contribution in [1.29, 1.82) is 0 Å². The van der Waals surface area contributed by atoms with E-state index >= 15 is 0 Å². The van der Waals surface area contributed by atoms with Gasteiger partial charge in [0.25, 0.3) is 0 Å². The van der Waals surface area contributed by atoms with Crippen LogP contribution >= 0.6 is 0 Å². The summed E-state index contributed by atoms with van der Waals surface area (Å²) in [7, 11) is 0. The topological polar surface area (TPSA) is 22.4 Å². The normalized spacial score (nSPS) is 13.8. The maximum atomic E-state index is 6.56. The van der Waals surface area contributed by atoms with Crippen molar-refractivity contribution in [2.45, 2.75) is 38.7 Å². The largest absolute Gasteiger partial charge is 0.456 e. The second kappa shape index (κ2) is 16.0. The Balaban J connectivity index is 0.969. The number of hydrogen-bond acceptors (Lipinski definition) is 2. The molecule has 2 nitrogen and oxygen atoms in total. The van der Waals surface area contributed by atoms with Crippen molar-refractivity contribution >= 4 is 81.9 Å². The van der Waals surface area contributed by atoms with Crippen LogP contribution in [-0.2, 0) is 10.2 Å². The summed E-state index contributed by atoms with van der Waals surface area (Å²) >= 11 is 0. The van der Waals surface area contributed by atoms with E-state index in [0.717, 1.165) is 35.0 Å². The Labute approximate surface area is 424 Å². The fourth-order valence-electron chi connectivity index (χ4n) is 13.5. The Bertz CT molecular complexity index is 4420. The van der Waals surface area contributed by atoms with Crippen molar-refractivity contribution < 1.29 is 9.15 Å². The predicted octanol–water partition coefficient (Wildman–Crippen LogP) is 19.2. The maximum absolute atomic E-state index is 6.56. The second-order valence-electron chi connectivity index (χ2n) is 20.4. The van der Waals surface area contributed by atoms with Crippen LogP contribution in [0.4, 0.5) is 0 Å². The molecule has 73 heavy (non-hydrogen) atoms. The van der Waals surface area contributed by atoms with Crippen molar-refractivity contribution in [1.82, 2.24) is 0 Å². The Kier molecular flexibility index (Phi) is 9.22. The van der Waals surface area contributed by atoms with Gasteiger partial charge in [0.2, 0.25) is 0 Å². The van der Waals surface area contributed by atoms with E-state index in [1.807, 2.05) is 0 Å². The quantitative estimate of drug-likeness (QED) is 0.117. The van der Waals surface area contributed by atoms with Gasteiger partial charge in [0.05, 0.1) is 11.5 Å². The summed E-state index contributed by atoms with van der Waals surface area (Å²) < 4.78 is 12.4. The number of hydrogen-bond donors (Lipinski definition) is 0. The zero-order valence-corrected chi connectivity index (χ0v) is 41.1. The highest BCUT2D eigenvalue weighted by atomic mass is 16.5. The van der Waals surface area contributed by atoms with Crippen LogP contribution in [0.1, 0.15) is 53.6 Å². The molecule has 2 aliphatic carbocycles. The van der Waals surface area contributed by atoms with E-state index in [-0.39, 0.29) is 6.10 Å². The van der Waals surface area contributed by atoms with Crippen LogP contribution in [0.3, 0.4) is 0 Å². The number of furan rings is 1. The molecule has 2 aliphatic rings. The van der Waals surface area contributed by atoms with Crippen LogP contribution in [0.2, 0.25) is 0 Å². The SMILES string of the molecule is CCOC(C)C/C=C\c1cc2c(cc1C)oc1ccc(-c3c4ccccc4c(-c4ccc5c6c(c7ccccc7c5c4)-c4cc5ccccc5cc4C64c5ccccc5-c5ccccc54)c4ccccc34)cc12. The highest BCUT2D eigenvalue weighted by molar-refractivity contribution is 6.25. The molecule has 0 N–H and O–H groups in total. The fraction of sp³-hybridized carbons (Fsp3) is 0.0986. The molecular formula is C71H50O2. The van der Waals surface area contributed by atoms with Gasteiger partial charge in [-0.25, -0.2) is 0 Å². The molecule has 0 saturated carbocycles. The van der Waals surface area contributed by atoms with E-state index in [9.17, 15) is 0 Å². The highest BCUT2D eigenvalue weighted by Gasteiger charge is 2.53. The molecule has 346 valence electrons. The lowest BCUT2D eigenvalue weighted by Crippen LogP contribution is -2.26. The van der Waals surface area contributed by atoms with Crippen molar-refractivity contribution in [3.8, 4) is 44.5 Å². The zero-order chi connectivity index (χ0) is 48.5. The van der Waals surface area contributed by atoms with Gasteiger partial charge in [0.15, 0.2) is 0 Å². The zero-order valence-electron chi connectivity index (χ0n) is 41.1. The molecule has 0 amide bonds. The third kappa shape index (κ3) is 5.96. The fourth-order valence-corrected chi connectivity index (χ4v) is 13.5. The van der Waals surface area contributed by atoms with Gasteiger partial charge in [0, 0.05) is 17.4 Å². The predicted molar refractivity (Wildman–Crippen MR) is 308 cm³/mol. The molecule has 0 bridgehead atoms. The van der Waals surface area contributed by atoms with Crippen molar-refractivity contribution in [3.63, 3.8) is 0 Å². The molecule has 1 aromatic heterocycles. The second-order valence-corrected chi connectivity index (χ2v) is 20.4. The average Bonchev–Trinajstić information content (AvgIpc) is 4.05. The summed E-state index contributed by atoms with van der Waals surface area (Å²) in [6.45, 7) is 7.07. The number of ether oxygens (including phenoxy) is 1. The maximum Gasteiger partial charge on any atom is 0.135 e. The minimum absolute atomic E-state index is 0.182. The van der Waals surface area contributed by atoms with Gasteiger partial charge >= 0.3 is 0 Å². The molecule has 0 radical (unpaired) electrons. The van der Waals surface area contributed by atoms with E-state index in [1.165, 1.54) is 132 Å². The van der Waals surface area contributed by atoms with Crippen molar-refractivity contribution in [2.75, 3.05) is 6.61 Å². The summed E-state index contributed by atoms with van der Waals surface area (Å²) in [6.07, 6.45) is 5.52. The summed E-state index contributed by atoms with van der Waals surface area (Å²) in [5.74, 6) is 0. The molecule has 0 saturated heterocycles. The van der Waals surface area contributed by atoms with Crippen molar-refractivity contribution in [2.24, 2.45) is 0 Å². The van der Waals surface area contributed by atoms with Gasteiger partial charge < -0.3 is 9.15 Å². The summed E-state index contributed by atoms with van der Waals surface area (Å²) in [5, 5.41) is 14.8. The van der Waals surface area contributed by atoms with Crippen molar-refractivity contribution in [3.05, 3.63) is 246 Å². The first-order valence-corrected chi connectivity index (χ1v) is 25.9. The molecule has 13 aromatic rings. The monoisotopic (exact) mass is 934 g/mol. The molecule has 0 aliphatic heterocycles. The van der Waals surface area contributed by atoms with Crippen LogP contribution in [0.25, 0.3) is 126 Å². The van der Waals surface area contributed by atoms with Gasteiger partial charge in [-0.05, 0) is 201 Å². The van der Waals surface area contributed by atoms with E-state index in [2.05, 4.69) is 239 Å². The molecule has 2 heteroatoms. The van der Waals surface area contributed by atoms with Crippen LogP contribution in [0.5, 0.6) is 0 Å². The van der Waals surface area contributed by atoms with E-state index < -0.39 is 5.41 Å². The summed E-state index contributed by atoms with van der Waals surface area (Å²) in [6, 6.07) is 78.1. The molecule has 12 aromatic carbocycles. The molecule has 1 unspecified atom stereocenters. The van der Waals surface area contributed by atoms with Gasteiger partial charge in [-0.1, -0.05) is 176 Å². The first-order chi connectivity index (χ1) is 36.0. The third-order valence-electron chi connectivity index (χ3n) is 16.5. The Morgan fingerprint density at radius 3 is 1.63 bits per heavy atom. The summed E-state index contributed by atoms with van der Waals surface area (Å²) in [5.41, 5.74) is 19.3. The first kappa shape index (κ1) is 42.2. The van der Waals surface area contributed by atoms with E-state index in [0.29, 0.717) is 0 Å². The third-order valence-corrected chi connectivity index (χ3v) is 16.5. The lowest BCUT2D eigenvalue weighted by atomic mass is 9.69. The Morgan fingerprint density at radius 1 is 0.452 bits per heavy atom. The van der Waals surface area contributed by atoms with Crippen LogP contribution in [0.15, 0.2) is 217 Å². The molecular weight excluding hydrogens is 885 g/mol. The number of rotatable bonds is 7. The number of fused-ring (bicyclic) bond motifs is 21. The van der Waals surface area contributed by atoms with Gasteiger partial charge in [-0.2, -0.15) is 0 Å². The van der Waals surface area contributed by atoms with Crippen LogP contribution < -0.4 is 0 Å². The van der Waals surface area contributed by atoms with Crippen LogP contribution in [0, 0.1) is 6.92 Å². The van der Waals surface area contributed by atoms with E-state index in [4.69, 9.17) is 9.15 Å². The first-order valence-electron chi connectivity index (χ1n) is 25.9. The molecule has 15 rings (SSSR count). The standard InChI is InChI=1S/C71H50O2/c1-4-72-43(3)18-17-21-44-37-60-59-40-48(33-35-65(59)73-66(60)36-42(44)2)68-55-28-11-9-26-53(55)67(54-27-10-12-29-56(54)68)47-32-34-57-58(39-47)49-22-7-8-25-52(49)69-61-38-45-19-5-6-20-46(45)41-64(61)71(70(57)69)62-30-15-13-23-50(62)51-24-14-16-31-63(51)71/h5-17,19-41,43H,4,18H2,1-3H3/b21-17-. The minimum Gasteiger partial charge on any atom is -0.456 e. The Morgan fingerprint density at radius 2 is 0.986 bits per heavy atom. The molecule has 1 atom stereocenters. The lowest BCUT2D eigenvalue weighted by molar-refractivity contribution is 0.0788. The average molecular weight is 935 g/mol. The van der Waals surface area contributed by atoms with E-state index in [1.54, 1.807) is 0 Å². The van der Waals surface area contributed by atoms with Gasteiger partial charge in [-0.3, -0.25) is 0 Å². The number of aryl methyl sites for hydroxylation is 1. The molecule has 1 heterocycles. The van der Waals surface area contributed by atoms with Gasteiger partial charge in [0.1, 0.15) is 11.2 Å². The smallest absolute Gasteiger partial charge is 0.135 e. The lowest BCUT2D eigenvalue weighted by Gasteiger charge is -2.32. The van der Waals surface area contributed by atoms with Crippen LogP contribution in [-0.4, -0.2) is 12.7 Å². The highest BCUT2D eigenvalue weighted by Crippen LogP contribution is 2.66. The number of benzene rings is 12.